The normalized spacial score (nSPS) is 17.8. The third-order valence-electron chi connectivity index (χ3n) is 5.64. The van der Waals surface area contributed by atoms with E-state index < -0.39 is 27.0 Å². The van der Waals surface area contributed by atoms with E-state index in [4.69, 9.17) is 4.42 Å². The van der Waals surface area contributed by atoms with E-state index in [2.05, 4.69) is 20.5 Å². The first-order chi connectivity index (χ1) is 15.1. The topological polar surface area (TPSA) is 119 Å². The third-order valence-corrected chi connectivity index (χ3v) is 7.38. The molecule has 1 aliphatic carbocycles. The molecule has 2 aliphatic rings. The predicted molar refractivity (Wildman–Crippen MR) is 106 cm³/mol. The monoisotopic (exact) mass is 460 g/mol. The van der Waals surface area contributed by atoms with Crippen molar-refractivity contribution in [2.75, 3.05) is 5.75 Å². The van der Waals surface area contributed by atoms with Crippen LogP contribution in [-0.4, -0.2) is 25.4 Å². The van der Waals surface area contributed by atoms with E-state index in [0.29, 0.717) is 18.4 Å². The van der Waals surface area contributed by atoms with Gasteiger partial charge in [0.2, 0.25) is 5.43 Å². The summed E-state index contributed by atoms with van der Waals surface area (Å²) in [5, 5.41) is 9.35. The average molecular weight is 460 g/mol. The van der Waals surface area contributed by atoms with Crippen LogP contribution in [0, 0.1) is 11.3 Å². The van der Waals surface area contributed by atoms with E-state index >= 15 is 0 Å². The Hall–Kier alpha value is -3.52. The number of aromatic nitrogens is 1. The molecule has 11 heteroatoms. The molecule has 1 saturated carbocycles. The minimum absolute atomic E-state index is 0.0447. The summed E-state index contributed by atoms with van der Waals surface area (Å²) in [6, 6.07) is 5.72. The van der Waals surface area contributed by atoms with Crippen molar-refractivity contribution in [2.45, 2.75) is 36.4 Å². The molecule has 8 nitrogen and oxygen atoms in total. The molecule has 32 heavy (non-hydrogen) atoms. The second kappa shape index (κ2) is 6.49. The van der Waals surface area contributed by atoms with Crippen molar-refractivity contribution in [2.24, 2.45) is 0 Å². The Bertz CT molecular complexity index is 1500. The van der Waals surface area contributed by atoms with Gasteiger partial charge in [-0.25, -0.2) is 8.42 Å². The number of fused-ring (bicyclic) bond motifs is 2. The first kappa shape index (κ1) is 20.4. The fourth-order valence-corrected chi connectivity index (χ4v) is 4.70. The highest BCUT2D eigenvalue weighted by Gasteiger charge is 2.46. The van der Waals surface area contributed by atoms with Gasteiger partial charge in [-0.1, -0.05) is 6.92 Å². The lowest BCUT2D eigenvalue weighted by Crippen LogP contribution is -2.25. The van der Waals surface area contributed by atoms with Crippen LogP contribution in [0.4, 0.5) is 8.78 Å². The zero-order chi connectivity index (χ0) is 22.9. The summed E-state index contributed by atoms with van der Waals surface area (Å²) >= 11 is 0. The summed E-state index contributed by atoms with van der Waals surface area (Å²) in [6.45, 7) is 1.45. The summed E-state index contributed by atoms with van der Waals surface area (Å²) in [5.41, 5.74) is -1.34. The third kappa shape index (κ3) is 3.02. The minimum Gasteiger partial charge on any atom is -0.463 e. The van der Waals surface area contributed by atoms with E-state index in [9.17, 15) is 27.3 Å². The molecular weight excluding hydrogens is 446 g/mol. The molecule has 0 amide bonds. The zero-order valence-electron chi connectivity index (χ0n) is 16.5. The number of alkyl halides is 2. The van der Waals surface area contributed by atoms with Gasteiger partial charge in [0.05, 0.1) is 38.8 Å². The largest absolute Gasteiger partial charge is 0.586 e. The van der Waals surface area contributed by atoms with Gasteiger partial charge < -0.3 is 13.9 Å². The molecule has 0 radical (unpaired) electrons. The van der Waals surface area contributed by atoms with Gasteiger partial charge in [0.1, 0.15) is 11.8 Å². The van der Waals surface area contributed by atoms with E-state index in [1.807, 2.05) is 0 Å². The quantitative estimate of drug-likeness (QED) is 0.580. The molecule has 2 aromatic heterocycles. The van der Waals surface area contributed by atoms with Crippen LogP contribution < -0.4 is 14.9 Å². The van der Waals surface area contributed by atoms with Crippen molar-refractivity contribution in [1.29, 1.82) is 5.26 Å². The molecule has 5 rings (SSSR count). The number of halogens is 2. The van der Waals surface area contributed by atoms with Crippen molar-refractivity contribution in [3.63, 3.8) is 0 Å². The molecule has 0 saturated heterocycles. The maximum Gasteiger partial charge on any atom is 0.586 e. The molecule has 3 heterocycles. The van der Waals surface area contributed by atoms with Crippen molar-refractivity contribution < 1.29 is 31.1 Å². The molecule has 1 fully saturated rings. The van der Waals surface area contributed by atoms with Gasteiger partial charge in [-0.05, 0) is 30.5 Å². The predicted octanol–water partition coefficient (Wildman–Crippen LogP) is 3.53. The molecule has 1 aromatic carbocycles. The Morgan fingerprint density at radius 3 is 2.50 bits per heavy atom. The molecule has 164 valence electrons. The van der Waals surface area contributed by atoms with Gasteiger partial charge in [0.15, 0.2) is 21.3 Å². The molecule has 3 aromatic rings. The summed E-state index contributed by atoms with van der Waals surface area (Å²) in [4.78, 5) is 17.2. The Labute approximate surface area is 179 Å². The lowest BCUT2D eigenvalue weighted by atomic mass is 9.99. The highest BCUT2D eigenvalue weighted by Crippen LogP contribution is 2.48. The Morgan fingerprint density at radius 2 is 1.88 bits per heavy atom. The standard InChI is InChI=1S/C21H14F2N2O6S/c1-2-32(27,28)17-5-11(20(10-24)3-4-20)8-25-18(17)13-9-29-14-7-16-15(6-12(14)19(13)26)30-21(22,23)31-16/h5-9H,2-4H2,1H3. The smallest absolute Gasteiger partial charge is 0.463 e. The van der Waals surface area contributed by atoms with Crippen LogP contribution in [0.2, 0.25) is 0 Å². The number of hydrogen-bond donors (Lipinski definition) is 0. The van der Waals surface area contributed by atoms with Crippen LogP contribution in [-0.2, 0) is 15.3 Å². The van der Waals surface area contributed by atoms with E-state index in [1.165, 1.54) is 19.2 Å². The van der Waals surface area contributed by atoms with Gasteiger partial charge >= 0.3 is 6.29 Å². The number of sulfone groups is 1. The Balaban J connectivity index is 1.72. The van der Waals surface area contributed by atoms with Gasteiger partial charge in [-0.3, -0.25) is 9.78 Å². The molecule has 0 bridgehead atoms. The van der Waals surface area contributed by atoms with Gasteiger partial charge in [0.25, 0.3) is 0 Å². The summed E-state index contributed by atoms with van der Waals surface area (Å²) < 4.78 is 66.5. The van der Waals surface area contributed by atoms with Crippen molar-refractivity contribution in [3.05, 3.63) is 46.4 Å². The molecule has 0 spiro atoms. The van der Waals surface area contributed by atoms with Gasteiger partial charge in [-0.2, -0.15) is 5.26 Å². The van der Waals surface area contributed by atoms with E-state index in [1.54, 1.807) is 0 Å². The lowest BCUT2D eigenvalue weighted by molar-refractivity contribution is -0.286. The van der Waals surface area contributed by atoms with Gasteiger partial charge in [-0.15, -0.1) is 8.78 Å². The maximum atomic E-state index is 13.4. The molecule has 0 unspecified atom stereocenters. The van der Waals surface area contributed by atoms with E-state index in [0.717, 1.165) is 18.4 Å². The van der Waals surface area contributed by atoms with Crippen LogP contribution in [0.25, 0.3) is 22.2 Å². The number of benzene rings is 1. The summed E-state index contributed by atoms with van der Waals surface area (Å²) in [5.74, 6) is -0.889. The van der Waals surface area contributed by atoms with Crippen LogP contribution in [0.5, 0.6) is 11.5 Å². The van der Waals surface area contributed by atoms with Crippen LogP contribution in [0.1, 0.15) is 25.3 Å². The second-order valence-electron chi connectivity index (χ2n) is 7.61. The van der Waals surface area contributed by atoms with Crippen molar-refractivity contribution in [1.82, 2.24) is 4.98 Å². The first-order valence-corrected chi connectivity index (χ1v) is 11.2. The molecular formula is C21H14F2N2O6S. The molecule has 0 N–H and O–H groups in total. The molecule has 0 atom stereocenters. The highest BCUT2D eigenvalue weighted by molar-refractivity contribution is 7.91. The fraction of sp³-hybridized carbons (Fsp3) is 0.286. The fourth-order valence-electron chi connectivity index (χ4n) is 3.63. The lowest BCUT2D eigenvalue weighted by Gasteiger charge is -2.13. The number of ether oxygens (including phenoxy) is 2. The summed E-state index contributed by atoms with van der Waals surface area (Å²) in [7, 11) is -3.83. The number of hydrogen-bond acceptors (Lipinski definition) is 8. The number of nitriles is 1. The average Bonchev–Trinajstić information content (AvgIpc) is 3.49. The van der Waals surface area contributed by atoms with Crippen molar-refractivity contribution in [3.8, 4) is 28.8 Å². The highest BCUT2D eigenvalue weighted by atomic mass is 32.2. The van der Waals surface area contributed by atoms with Crippen LogP contribution >= 0.6 is 0 Å². The van der Waals surface area contributed by atoms with Crippen LogP contribution in [0.15, 0.2) is 44.8 Å². The Morgan fingerprint density at radius 1 is 1.19 bits per heavy atom. The zero-order valence-corrected chi connectivity index (χ0v) is 17.3. The van der Waals surface area contributed by atoms with Crippen LogP contribution in [0.3, 0.4) is 0 Å². The minimum atomic E-state index is -3.87. The Kier molecular flexibility index (Phi) is 4.14. The number of pyridine rings is 1. The number of rotatable bonds is 4. The second-order valence-corrected chi connectivity index (χ2v) is 9.86. The SMILES string of the molecule is CCS(=O)(=O)c1cc(C2(C#N)CC2)cnc1-c1coc2cc3c(cc2c1=O)OC(F)(F)O3. The van der Waals surface area contributed by atoms with E-state index in [-0.39, 0.29) is 44.4 Å². The molecule has 1 aliphatic heterocycles. The van der Waals surface area contributed by atoms with Gasteiger partial charge in [0, 0.05) is 12.3 Å². The maximum absolute atomic E-state index is 13.4. The summed E-state index contributed by atoms with van der Waals surface area (Å²) in [6.07, 6.45) is -0.286. The van der Waals surface area contributed by atoms with Crippen molar-refractivity contribution >= 4 is 20.8 Å². The number of nitrogens with zero attached hydrogens (tertiary/aromatic N) is 2. The first-order valence-electron chi connectivity index (χ1n) is 9.59.